The quantitative estimate of drug-likeness (QED) is 0.364. The van der Waals surface area contributed by atoms with Crippen molar-refractivity contribution in [2.75, 3.05) is 0 Å². The number of esters is 1. The van der Waals surface area contributed by atoms with Gasteiger partial charge in [-0.25, -0.2) is 0 Å². The minimum absolute atomic E-state index is 0.0401. The molecule has 3 aliphatic heterocycles. The first kappa shape index (κ1) is 6.65. The molecule has 3 saturated heterocycles. The molecule has 0 N–H and O–H groups in total. The van der Waals surface area contributed by atoms with E-state index >= 15 is 0 Å². The van der Waals surface area contributed by atoms with Crippen molar-refractivity contribution in [2.45, 2.75) is 28.7 Å². The summed E-state index contributed by atoms with van der Waals surface area (Å²) in [6.07, 6.45) is 1.32. The summed E-state index contributed by atoms with van der Waals surface area (Å²) >= 11 is 2.32. The highest BCUT2D eigenvalue weighted by atomic mass is 127. The maximum Gasteiger partial charge on any atom is 0.312 e. The molecule has 0 unspecified atom stereocenters. The van der Waals surface area contributed by atoms with Crippen molar-refractivity contribution in [1.82, 2.24) is 0 Å². The lowest BCUT2D eigenvalue weighted by Gasteiger charge is -2.14. The van der Waals surface area contributed by atoms with Gasteiger partial charge in [0.2, 0.25) is 0 Å². The first-order valence-electron chi connectivity index (χ1n) is 3.77. The van der Waals surface area contributed by atoms with E-state index in [-0.39, 0.29) is 30.2 Å². The van der Waals surface area contributed by atoms with Gasteiger partial charge in [-0.15, -0.1) is 0 Å². The Balaban J connectivity index is 2.04. The molecule has 4 heteroatoms. The molecule has 60 valence electrons. The largest absolute Gasteiger partial charge is 0.458 e. The van der Waals surface area contributed by atoms with Crippen molar-refractivity contribution in [2.24, 2.45) is 5.92 Å². The first-order chi connectivity index (χ1) is 5.27. The summed E-state index contributed by atoms with van der Waals surface area (Å²) in [5.74, 6) is 0.0256. The maximum atomic E-state index is 11.1. The van der Waals surface area contributed by atoms with Crippen LogP contribution in [-0.4, -0.2) is 28.2 Å². The van der Waals surface area contributed by atoms with Crippen LogP contribution in [-0.2, 0) is 14.3 Å². The van der Waals surface area contributed by atoms with Gasteiger partial charge in [0.05, 0.1) is 15.9 Å². The van der Waals surface area contributed by atoms with Crippen LogP contribution in [0.3, 0.4) is 0 Å². The number of carbonyl (C=O) groups excluding carboxylic acids is 1. The SMILES string of the molecule is O=C1O[C@H]2[C@H](I)[C@H]3C[C@@H]1[C@@H]2O3. The van der Waals surface area contributed by atoms with E-state index in [0.29, 0.717) is 3.92 Å². The molecule has 3 fully saturated rings. The first-order valence-corrected chi connectivity index (χ1v) is 5.02. The highest BCUT2D eigenvalue weighted by Gasteiger charge is 2.62. The predicted octanol–water partition coefficient (Wildman–Crippen LogP) is 0.503. The molecule has 0 aromatic rings. The molecule has 0 aromatic heterocycles. The highest BCUT2D eigenvalue weighted by molar-refractivity contribution is 14.1. The van der Waals surface area contributed by atoms with Crippen molar-refractivity contribution < 1.29 is 14.3 Å². The minimum atomic E-state index is -0.0401. The Labute approximate surface area is 77.6 Å². The summed E-state index contributed by atoms with van der Waals surface area (Å²) in [5.41, 5.74) is 0. The standard InChI is InChI=1S/C7H7IO3/c8-4-3-1-2-5(10-3)6(4)11-7(2)9/h2-6H,1H2/t2-,3-,4-,5+,6+/m1/s1. The van der Waals surface area contributed by atoms with Crippen molar-refractivity contribution in [3.05, 3.63) is 0 Å². The lowest BCUT2D eigenvalue weighted by Crippen LogP contribution is -2.31. The van der Waals surface area contributed by atoms with Crippen LogP contribution in [0.25, 0.3) is 0 Å². The predicted molar refractivity (Wildman–Crippen MR) is 44.5 cm³/mol. The Morgan fingerprint density at radius 1 is 1.45 bits per heavy atom. The molecule has 11 heavy (non-hydrogen) atoms. The van der Waals surface area contributed by atoms with Crippen LogP contribution in [0.15, 0.2) is 0 Å². The van der Waals surface area contributed by atoms with Gasteiger partial charge < -0.3 is 9.47 Å². The van der Waals surface area contributed by atoms with Crippen molar-refractivity contribution in [3.63, 3.8) is 0 Å². The van der Waals surface area contributed by atoms with Crippen molar-refractivity contribution in [1.29, 1.82) is 0 Å². The van der Waals surface area contributed by atoms with Gasteiger partial charge in [-0.1, -0.05) is 22.6 Å². The van der Waals surface area contributed by atoms with Crippen LogP contribution < -0.4 is 0 Å². The van der Waals surface area contributed by atoms with Gasteiger partial charge in [-0.05, 0) is 6.42 Å². The summed E-state index contributed by atoms with van der Waals surface area (Å²) in [5, 5.41) is 0. The number of fused-ring (bicyclic) bond motifs is 1. The number of rotatable bonds is 0. The van der Waals surface area contributed by atoms with Crippen LogP contribution in [0.5, 0.6) is 0 Å². The molecule has 2 bridgehead atoms. The number of hydrogen-bond donors (Lipinski definition) is 0. The van der Waals surface area contributed by atoms with Crippen LogP contribution in [0.2, 0.25) is 0 Å². The van der Waals surface area contributed by atoms with E-state index in [9.17, 15) is 4.79 Å². The fraction of sp³-hybridized carbons (Fsp3) is 0.857. The Morgan fingerprint density at radius 2 is 2.27 bits per heavy atom. The van der Waals surface area contributed by atoms with Gasteiger partial charge in [0.25, 0.3) is 0 Å². The maximum absolute atomic E-state index is 11.1. The molecule has 0 aliphatic carbocycles. The summed E-state index contributed by atoms with van der Waals surface area (Å²) in [6.45, 7) is 0. The third-order valence-electron chi connectivity index (χ3n) is 2.76. The average Bonchev–Trinajstić information content (AvgIpc) is 2.53. The van der Waals surface area contributed by atoms with E-state index in [0.717, 1.165) is 6.42 Å². The second kappa shape index (κ2) is 1.90. The molecule has 5 atom stereocenters. The molecule has 3 aliphatic rings. The van der Waals surface area contributed by atoms with Gasteiger partial charge in [-0.2, -0.15) is 0 Å². The topological polar surface area (TPSA) is 35.5 Å². The second-order valence-corrected chi connectivity index (χ2v) is 4.77. The van der Waals surface area contributed by atoms with E-state index < -0.39 is 0 Å². The van der Waals surface area contributed by atoms with Gasteiger partial charge in [0.15, 0.2) is 0 Å². The molecule has 0 aromatic carbocycles. The van der Waals surface area contributed by atoms with Gasteiger partial charge >= 0.3 is 5.97 Å². The number of ether oxygens (including phenoxy) is 2. The molecule has 3 rings (SSSR count). The van der Waals surface area contributed by atoms with Gasteiger partial charge in [-0.3, -0.25) is 4.79 Å². The van der Waals surface area contributed by atoms with Crippen molar-refractivity contribution >= 4 is 28.6 Å². The summed E-state index contributed by atoms with van der Waals surface area (Å²) < 4.78 is 11.2. The lowest BCUT2D eigenvalue weighted by molar-refractivity contribution is -0.143. The Kier molecular flexibility index (Phi) is 1.15. The molecule has 3 heterocycles. The summed E-state index contributed by atoms with van der Waals surface area (Å²) in [6, 6.07) is 0. The molecular weight excluding hydrogens is 259 g/mol. The molecule has 0 spiro atoms. The zero-order chi connectivity index (χ0) is 7.59. The van der Waals surface area contributed by atoms with Crippen molar-refractivity contribution in [3.8, 4) is 0 Å². The second-order valence-electron chi connectivity index (χ2n) is 3.33. The molecule has 0 amide bonds. The van der Waals surface area contributed by atoms with Crippen LogP contribution in [0, 0.1) is 5.92 Å². The molecule has 0 radical (unpaired) electrons. The molecular formula is C7H7IO3. The van der Waals surface area contributed by atoms with Gasteiger partial charge in [0.1, 0.15) is 12.2 Å². The zero-order valence-corrected chi connectivity index (χ0v) is 7.85. The lowest BCUT2D eigenvalue weighted by atomic mass is 9.90. The fourth-order valence-electron chi connectivity index (χ4n) is 2.22. The normalized spacial score (nSPS) is 58.6. The van der Waals surface area contributed by atoms with Crippen LogP contribution in [0.1, 0.15) is 6.42 Å². The van der Waals surface area contributed by atoms with Crippen LogP contribution in [0.4, 0.5) is 0 Å². The smallest absolute Gasteiger partial charge is 0.312 e. The average molecular weight is 266 g/mol. The Hall–Kier alpha value is 0.160. The van der Waals surface area contributed by atoms with E-state index in [1.54, 1.807) is 0 Å². The number of halogens is 1. The summed E-state index contributed by atoms with van der Waals surface area (Å²) in [7, 11) is 0. The third kappa shape index (κ3) is 0.654. The van der Waals surface area contributed by atoms with E-state index in [2.05, 4.69) is 22.6 Å². The Bertz CT molecular complexity index is 230. The van der Waals surface area contributed by atoms with Crippen LogP contribution >= 0.6 is 22.6 Å². The minimum Gasteiger partial charge on any atom is -0.458 e. The number of hydrogen-bond acceptors (Lipinski definition) is 3. The monoisotopic (exact) mass is 266 g/mol. The van der Waals surface area contributed by atoms with E-state index in [1.165, 1.54) is 0 Å². The zero-order valence-electron chi connectivity index (χ0n) is 5.70. The highest BCUT2D eigenvalue weighted by Crippen LogP contribution is 2.48. The van der Waals surface area contributed by atoms with E-state index in [1.807, 2.05) is 0 Å². The number of carbonyl (C=O) groups is 1. The Morgan fingerprint density at radius 3 is 2.91 bits per heavy atom. The molecule has 0 saturated carbocycles. The summed E-state index contributed by atoms with van der Waals surface area (Å²) in [4.78, 5) is 11.1. The molecule has 3 nitrogen and oxygen atoms in total. The third-order valence-corrected chi connectivity index (χ3v) is 4.27. The van der Waals surface area contributed by atoms with E-state index in [4.69, 9.17) is 9.47 Å². The van der Waals surface area contributed by atoms with Gasteiger partial charge in [0, 0.05) is 0 Å². The fourth-order valence-corrected chi connectivity index (χ4v) is 3.24. The number of alkyl halides is 1.